The second-order valence-corrected chi connectivity index (χ2v) is 5.68. The number of rotatable bonds is 4. The Morgan fingerprint density at radius 2 is 2.26 bits per heavy atom. The normalized spacial score (nSPS) is 16.3. The summed E-state index contributed by atoms with van der Waals surface area (Å²) in [6, 6.07) is 6.88. The topological polar surface area (TPSA) is 93.5 Å². The van der Waals surface area contributed by atoms with E-state index in [9.17, 15) is 9.59 Å². The van der Waals surface area contributed by atoms with E-state index in [2.05, 4.69) is 10.4 Å². The summed E-state index contributed by atoms with van der Waals surface area (Å²) in [6.07, 6.45) is 2.02. The van der Waals surface area contributed by atoms with Crippen molar-refractivity contribution in [2.24, 2.45) is 5.92 Å². The number of aromatic nitrogens is 2. The van der Waals surface area contributed by atoms with Crippen LogP contribution < -0.4 is 10.1 Å². The summed E-state index contributed by atoms with van der Waals surface area (Å²) in [4.78, 5) is 22.9. The van der Waals surface area contributed by atoms with E-state index < -0.39 is 5.97 Å². The van der Waals surface area contributed by atoms with Crippen LogP contribution in [0.25, 0.3) is 0 Å². The lowest BCUT2D eigenvalue weighted by molar-refractivity contribution is -0.137. The van der Waals surface area contributed by atoms with Crippen LogP contribution in [-0.2, 0) is 22.6 Å². The van der Waals surface area contributed by atoms with E-state index in [1.54, 1.807) is 24.3 Å². The maximum Gasteiger partial charge on any atom is 0.325 e. The number of fused-ring (bicyclic) bond motifs is 1. The Hall–Kier alpha value is -2.54. The van der Waals surface area contributed by atoms with Gasteiger partial charge in [-0.15, -0.1) is 0 Å². The van der Waals surface area contributed by atoms with Gasteiger partial charge in [0.2, 0.25) is 5.91 Å². The number of halogens is 1. The molecule has 3 rings (SSSR count). The second kappa shape index (κ2) is 6.29. The van der Waals surface area contributed by atoms with Gasteiger partial charge in [-0.3, -0.25) is 14.3 Å². The highest BCUT2D eigenvalue weighted by Gasteiger charge is 2.26. The highest BCUT2D eigenvalue weighted by Crippen LogP contribution is 2.30. The number of anilines is 1. The van der Waals surface area contributed by atoms with E-state index in [4.69, 9.17) is 21.4 Å². The van der Waals surface area contributed by atoms with Gasteiger partial charge in [-0.05, 0) is 30.2 Å². The summed E-state index contributed by atoms with van der Waals surface area (Å²) in [5.41, 5.74) is 0.889. The number of nitrogens with one attached hydrogen (secondary N) is 1. The van der Waals surface area contributed by atoms with Crippen LogP contribution in [0.1, 0.15) is 5.56 Å². The number of carbonyl (C=O) groups is 2. The number of hydrogen-bond donors (Lipinski definition) is 2. The lowest BCUT2D eigenvalue weighted by Gasteiger charge is -2.24. The molecule has 1 aromatic carbocycles. The number of carboxylic acids is 1. The number of hydrogen-bond acceptors (Lipinski definition) is 4. The first kappa shape index (κ1) is 15.4. The maximum atomic E-state index is 12.3. The van der Waals surface area contributed by atoms with Crippen LogP contribution in [-0.4, -0.2) is 33.4 Å². The number of amides is 1. The molecular formula is C15H14ClN3O4. The number of benzene rings is 1. The third-order valence-electron chi connectivity index (χ3n) is 3.49. The molecule has 7 nitrogen and oxygen atoms in total. The molecule has 0 saturated carbocycles. The molecule has 0 fully saturated rings. The van der Waals surface area contributed by atoms with Crippen LogP contribution in [0.4, 0.5) is 5.82 Å². The Morgan fingerprint density at radius 3 is 3.04 bits per heavy atom. The van der Waals surface area contributed by atoms with E-state index in [0.29, 0.717) is 17.3 Å². The predicted molar refractivity (Wildman–Crippen MR) is 82.6 cm³/mol. The van der Waals surface area contributed by atoms with Crippen LogP contribution >= 0.6 is 11.6 Å². The predicted octanol–water partition coefficient (Wildman–Crippen LogP) is 1.81. The van der Waals surface area contributed by atoms with Crippen LogP contribution in [0.5, 0.6) is 5.75 Å². The first-order valence-corrected chi connectivity index (χ1v) is 7.36. The fourth-order valence-corrected chi connectivity index (χ4v) is 2.61. The minimum Gasteiger partial charge on any atom is -0.492 e. The van der Waals surface area contributed by atoms with E-state index in [0.717, 1.165) is 11.3 Å². The zero-order valence-corrected chi connectivity index (χ0v) is 12.8. The quantitative estimate of drug-likeness (QED) is 0.888. The molecule has 0 bridgehead atoms. The first-order valence-electron chi connectivity index (χ1n) is 6.98. The monoisotopic (exact) mass is 335 g/mol. The van der Waals surface area contributed by atoms with Crippen molar-refractivity contribution in [2.45, 2.75) is 13.0 Å². The Kier molecular flexibility index (Phi) is 4.20. The highest BCUT2D eigenvalue weighted by molar-refractivity contribution is 6.30. The Labute approximate surface area is 136 Å². The molecule has 1 amide bonds. The van der Waals surface area contributed by atoms with Crippen LogP contribution in [0.3, 0.4) is 0 Å². The molecule has 0 unspecified atom stereocenters. The van der Waals surface area contributed by atoms with Gasteiger partial charge in [-0.25, -0.2) is 0 Å². The van der Waals surface area contributed by atoms with Gasteiger partial charge in [0.15, 0.2) is 5.82 Å². The molecule has 2 N–H and O–H groups in total. The van der Waals surface area contributed by atoms with Crippen molar-refractivity contribution in [1.82, 2.24) is 9.78 Å². The minimum atomic E-state index is -1.000. The molecule has 8 heteroatoms. The van der Waals surface area contributed by atoms with Crippen molar-refractivity contribution in [3.8, 4) is 5.75 Å². The Morgan fingerprint density at radius 1 is 1.43 bits per heavy atom. The second-order valence-electron chi connectivity index (χ2n) is 5.25. The molecule has 0 spiro atoms. The van der Waals surface area contributed by atoms with Crippen molar-refractivity contribution in [3.63, 3.8) is 0 Å². The summed E-state index contributed by atoms with van der Waals surface area (Å²) in [7, 11) is 0. The molecule has 1 aromatic heterocycles. The molecule has 1 aliphatic heterocycles. The third-order valence-corrected chi connectivity index (χ3v) is 3.72. The molecule has 1 aliphatic rings. The van der Waals surface area contributed by atoms with Crippen molar-refractivity contribution in [1.29, 1.82) is 0 Å². The lowest BCUT2D eigenvalue weighted by atomic mass is 9.96. The zero-order valence-electron chi connectivity index (χ0n) is 12.0. The fraction of sp³-hybridized carbons (Fsp3) is 0.267. The fourth-order valence-electron chi connectivity index (χ4n) is 2.41. The van der Waals surface area contributed by atoms with Gasteiger partial charge in [-0.2, -0.15) is 5.10 Å². The largest absolute Gasteiger partial charge is 0.492 e. The van der Waals surface area contributed by atoms with Gasteiger partial charge in [0, 0.05) is 17.3 Å². The van der Waals surface area contributed by atoms with Crippen LogP contribution in [0.15, 0.2) is 30.5 Å². The summed E-state index contributed by atoms with van der Waals surface area (Å²) in [6.45, 7) is 0.0184. The van der Waals surface area contributed by atoms with E-state index in [1.807, 2.05) is 0 Å². The van der Waals surface area contributed by atoms with E-state index in [1.165, 1.54) is 10.9 Å². The van der Waals surface area contributed by atoms with E-state index >= 15 is 0 Å². The smallest absolute Gasteiger partial charge is 0.325 e. The summed E-state index contributed by atoms with van der Waals surface area (Å²) in [5.74, 6) is -0.528. The van der Waals surface area contributed by atoms with Crippen molar-refractivity contribution < 1.29 is 19.4 Å². The third kappa shape index (κ3) is 3.62. The SMILES string of the molecule is O=C(O)Cn1ccc(NC(=O)[C@@H]2COc3ccc(Cl)cc3C2)n1. The first-order chi connectivity index (χ1) is 11.0. The van der Waals surface area contributed by atoms with Crippen molar-refractivity contribution >= 4 is 29.3 Å². The van der Waals surface area contributed by atoms with Gasteiger partial charge in [0.25, 0.3) is 0 Å². The van der Waals surface area contributed by atoms with E-state index in [-0.39, 0.29) is 25.0 Å². The van der Waals surface area contributed by atoms with Crippen LogP contribution in [0.2, 0.25) is 5.02 Å². The van der Waals surface area contributed by atoms with Crippen LogP contribution in [0, 0.1) is 5.92 Å². The number of carbonyl (C=O) groups excluding carboxylic acids is 1. The Balaban J connectivity index is 1.65. The number of carboxylic acid groups (broad SMARTS) is 1. The molecule has 0 radical (unpaired) electrons. The van der Waals surface area contributed by atoms with Gasteiger partial charge in [0.05, 0.1) is 5.92 Å². The van der Waals surface area contributed by atoms with Gasteiger partial charge in [0.1, 0.15) is 18.9 Å². The minimum absolute atomic E-state index is 0.226. The average molecular weight is 336 g/mol. The number of aliphatic carboxylic acids is 1. The number of nitrogens with zero attached hydrogens (tertiary/aromatic N) is 2. The Bertz CT molecular complexity index is 759. The summed E-state index contributed by atoms with van der Waals surface area (Å²) in [5, 5.41) is 16.0. The molecule has 2 heterocycles. The molecule has 1 atom stereocenters. The van der Waals surface area contributed by atoms with Gasteiger partial charge >= 0.3 is 5.97 Å². The molecule has 0 saturated heterocycles. The summed E-state index contributed by atoms with van der Waals surface area (Å²) >= 11 is 5.96. The zero-order chi connectivity index (χ0) is 16.4. The molecule has 0 aliphatic carbocycles. The van der Waals surface area contributed by atoms with Gasteiger partial charge in [-0.1, -0.05) is 11.6 Å². The molecule has 23 heavy (non-hydrogen) atoms. The summed E-state index contributed by atoms with van der Waals surface area (Å²) < 4.78 is 6.83. The standard InChI is InChI=1S/C15H14ClN3O4/c16-11-1-2-12-9(6-11)5-10(8-23-12)15(22)17-13-3-4-19(18-13)7-14(20)21/h1-4,6,10H,5,7-8H2,(H,20,21)(H,17,18,22)/t10-/m0/s1. The molecular weight excluding hydrogens is 322 g/mol. The molecule has 120 valence electrons. The highest BCUT2D eigenvalue weighted by atomic mass is 35.5. The number of ether oxygens (including phenoxy) is 1. The van der Waals surface area contributed by atoms with Gasteiger partial charge < -0.3 is 15.2 Å². The average Bonchev–Trinajstić information content (AvgIpc) is 2.92. The maximum absolute atomic E-state index is 12.3. The molecule has 2 aromatic rings. The van der Waals surface area contributed by atoms with Crippen molar-refractivity contribution in [3.05, 3.63) is 41.0 Å². The van der Waals surface area contributed by atoms with Crippen molar-refractivity contribution in [2.75, 3.05) is 11.9 Å². The lowest BCUT2D eigenvalue weighted by Crippen LogP contribution is -2.32.